The zero-order valence-corrected chi connectivity index (χ0v) is 14.0. The molecule has 0 aliphatic carbocycles. The van der Waals surface area contributed by atoms with Gasteiger partial charge in [0.15, 0.2) is 11.6 Å². The van der Waals surface area contributed by atoms with Crippen LogP contribution in [0.5, 0.6) is 0 Å². The Kier molecular flexibility index (Phi) is 4.97. The summed E-state index contributed by atoms with van der Waals surface area (Å²) >= 11 is 0. The van der Waals surface area contributed by atoms with Gasteiger partial charge in [-0.1, -0.05) is 12.1 Å². The maximum atomic E-state index is 5.03. The van der Waals surface area contributed by atoms with Crippen LogP contribution in [0.25, 0.3) is 0 Å². The molecule has 23 heavy (non-hydrogen) atoms. The van der Waals surface area contributed by atoms with Gasteiger partial charge in [-0.15, -0.1) is 5.10 Å². The summed E-state index contributed by atoms with van der Waals surface area (Å²) in [5.41, 5.74) is 0. The second kappa shape index (κ2) is 7.14. The number of hydrogen-bond donors (Lipinski definition) is 0. The first kappa shape index (κ1) is 16.0. The van der Waals surface area contributed by atoms with Crippen molar-refractivity contribution in [3.05, 3.63) is 17.5 Å². The SMILES string of the molecule is CCCn1nnnc1CN1CC[C@@H](N(C)Cc2noc(C)n2)C1. The van der Waals surface area contributed by atoms with Crippen LogP contribution in [-0.4, -0.2) is 66.3 Å². The molecule has 0 aromatic carbocycles. The Bertz CT molecular complexity index is 624. The van der Waals surface area contributed by atoms with E-state index in [1.807, 2.05) is 11.6 Å². The molecule has 0 spiro atoms. The third kappa shape index (κ3) is 3.91. The molecule has 126 valence electrons. The molecule has 0 bridgehead atoms. The molecule has 2 aromatic heterocycles. The highest BCUT2D eigenvalue weighted by Crippen LogP contribution is 2.17. The van der Waals surface area contributed by atoms with Gasteiger partial charge in [0.2, 0.25) is 5.89 Å². The molecular weight excluding hydrogens is 296 g/mol. The van der Waals surface area contributed by atoms with Gasteiger partial charge < -0.3 is 4.52 Å². The van der Waals surface area contributed by atoms with Crippen LogP contribution in [0.15, 0.2) is 4.52 Å². The van der Waals surface area contributed by atoms with Crippen molar-refractivity contribution in [2.45, 2.75) is 52.4 Å². The fourth-order valence-corrected chi connectivity index (χ4v) is 3.00. The molecular formula is C14H24N8O. The number of likely N-dealkylation sites (tertiary alicyclic amines) is 1. The summed E-state index contributed by atoms with van der Waals surface area (Å²) in [6.45, 7) is 8.39. The fraction of sp³-hybridized carbons (Fsp3) is 0.786. The van der Waals surface area contributed by atoms with Gasteiger partial charge in [0.05, 0.1) is 13.1 Å². The van der Waals surface area contributed by atoms with Gasteiger partial charge in [0.1, 0.15) is 0 Å². The highest BCUT2D eigenvalue weighted by Gasteiger charge is 2.27. The molecule has 1 atom stereocenters. The molecule has 0 radical (unpaired) electrons. The molecule has 1 fully saturated rings. The largest absolute Gasteiger partial charge is 0.340 e. The summed E-state index contributed by atoms with van der Waals surface area (Å²) in [7, 11) is 2.11. The lowest BCUT2D eigenvalue weighted by Gasteiger charge is -2.23. The zero-order chi connectivity index (χ0) is 16.2. The van der Waals surface area contributed by atoms with Crippen LogP contribution in [0.4, 0.5) is 0 Å². The van der Waals surface area contributed by atoms with Crippen molar-refractivity contribution < 1.29 is 4.52 Å². The van der Waals surface area contributed by atoms with Crippen LogP contribution in [0.3, 0.4) is 0 Å². The third-order valence-electron chi connectivity index (χ3n) is 4.24. The van der Waals surface area contributed by atoms with Crippen LogP contribution in [-0.2, 0) is 19.6 Å². The van der Waals surface area contributed by atoms with Crippen LogP contribution < -0.4 is 0 Å². The number of hydrogen-bond acceptors (Lipinski definition) is 8. The average Bonchev–Trinajstić information content (AvgIpc) is 3.23. The van der Waals surface area contributed by atoms with E-state index in [1.54, 1.807) is 0 Å². The van der Waals surface area contributed by atoms with Crippen LogP contribution in [0.1, 0.15) is 37.3 Å². The van der Waals surface area contributed by atoms with Gasteiger partial charge in [-0.25, -0.2) is 4.68 Å². The van der Waals surface area contributed by atoms with Gasteiger partial charge in [-0.3, -0.25) is 9.80 Å². The Morgan fingerprint density at radius 3 is 3.00 bits per heavy atom. The Morgan fingerprint density at radius 1 is 1.39 bits per heavy atom. The van der Waals surface area contributed by atoms with Crippen molar-refractivity contribution in [2.75, 3.05) is 20.1 Å². The van der Waals surface area contributed by atoms with E-state index >= 15 is 0 Å². The van der Waals surface area contributed by atoms with E-state index in [2.05, 4.69) is 49.4 Å². The van der Waals surface area contributed by atoms with Crippen molar-refractivity contribution >= 4 is 0 Å². The average molecular weight is 320 g/mol. The first-order valence-electron chi connectivity index (χ1n) is 8.12. The van der Waals surface area contributed by atoms with Crippen LogP contribution >= 0.6 is 0 Å². The Morgan fingerprint density at radius 2 is 2.26 bits per heavy atom. The van der Waals surface area contributed by atoms with Crippen LogP contribution in [0, 0.1) is 6.92 Å². The van der Waals surface area contributed by atoms with Gasteiger partial charge in [0, 0.05) is 32.6 Å². The standard InChI is InChI=1S/C14H24N8O/c1-4-6-22-14(16-18-19-22)10-21-7-5-12(8-21)20(3)9-13-15-11(2)23-17-13/h12H,4-10H2,1-3H3/t12-/m1/s1. The van der Waals surface area contributed by atoms with Crippen molar-refractivity contribution in [3.8, 4) is 0 Å². The lowest BCUT2D eigenvalue weighted by molar-refractivity contribution is 0.213. The molecule has 9 heteroatoms. The maximum absolute atomic E-state index is 5.03. The third-order valence-corrected chi connectivity index (χ3v) is 4.24. The molecule has 1 aliphatic rings. The van der Waals surface area contributed by atoms with E-state index in [1.165, 1.54) is 0 Å². The molecule has 0 unspecified atom stereocenters. The predicted octanol–water partition coefficient (Wildman–Crippen LogP) is 0.481. The van der Waals surface area contributed by atoms with Crippen molar-refractivity contribution in [1.82, 2.24) is 40.1 Å². The smallest absolute Gasteiger partial charge is 0.223 e. The van der Waals surface area contributed by atoms with Gasteiger partial charge in [0.25, 0.3) is 0 Å². The number of aromatic nitrogens is 6. The molecule has 1 aliphatic heterocycles. The molecule has 0 N–H and O–H groups in total. The first-order valence-corrected chi connectivity index (χ1v) is 8.12. The Balaban J connectivity index is 1.52. The number of aryl methyl sites for hydroxylation is 2. The van der Waals surface area contributed by atoms with Crippen molar-refractivity contribution in [2.24, 2.45) is 0 Å². The second-order valence-corrected chi connectivity index (χ2v) is 6.14. The Hall–Kier alpha value is -1.87. The minimum Gasteiger partial charge on any atom is -0.340 e. The number of rotatable bonds is 7. The fourth-order valence-electron chi connectivity index (χ4n) is 3.00. The predicted molar refractivity (Wildman–Crippen MR) is 82.3 cm³/mol. The van der Waals surface area contributed by atoms with E-state index < -0.39 is 0 Å². The number of nitrogens with zero attached hydrogens (tertiary/aromatic N) is 8. The number of tetrazole rings is 1. The normalized spacial score (nSPS) is 19.0. The minimum absolute atomic E-state index is 0.490. The van der Waals surface area contributed by atoms with Gasteiger partial charge in [-0.2, -0.15) is 4.98 Å². The highest BCUT2D eigenvalue weighted by molar-refractivity contribution is 4.90. The summed E-state index contributed by atoms with van der Waals surface area (Å²) in [4.78, 5) is 8.97. The molecule has 1 saturated heterocycles. The quantitative estimate of drug-likeness (QED) is 0.728. The molecule has 3 rings (SSSR count). The number of likely N-dealkylation sites (N-methyl/N-ethyl adjacent to an activating group) is 1. The zero-order valence-electron chi connectivity index (χ0n) is 14.0. The van der Waals surface area contributed by atoms with E-state index in [-0.39, 0.29) is 0 Å². The second-order valence-electron chi connectivity index (χ2n) is 6.14. The monoisotopic (exact) mass is 320 g/mol. The highest BCUT2D eigenvalue weighted by atomic mass is 16.5. The van der Waals surface area contributed by atoms with E-state index in [4.69, 9.17) is 4.52 Å². The molecule has 0 saturated carbocycles. The molecule has 3 heterocycles. The lowest BCUT2D eigenvalue weighted by atomic mass is 10.2. The topological polar surface area (TPSA) is 89.0 Å². The van der Waals surface area contributed by atoms with E-state index in [0.717, 1.165) is 50.7 Å². The summed E-state index contributed by atoms with van der Waals surface area (Å²) < 4.78 is 6.93. The Labute approximate surface area is 135 Å². The van der Waals surface area contributed by atoms with Gasteiger partial charge in [-0.05, 0) is 30.3 Å². The summed E-state index contributed by atoms with van der Waals surface area (Å²) in [5, 5.41) is 16.0. The summed E-state index contributed by atoms with van der Waals surface area (Å²) in [6.07, 6.45) is 2.16. The molecule has 2 aromatic rings. The van der Waals surface area contributed by atoms with E-state index in [9.17, 15) is 0 Å². The van der Waals surface area contributed by atoms with E-state index in [0.29, 0.717) is 18.5 Å². The summed E-state index contributed by atoms with van der Waals surface area (Å²) in [5.74, 6) is 2.31. The molecule has 0 amide bonds. The first-order chi connectivity index (χ1) is 11.2. The minimum atomic E-state index is 0.490. The molecule has 9 nitrogen and oxygen atoms in total. The van der Waals surface area contributed by atoms with Gasteiger partial charge >= 0.3 is 0 Å². The summed E-state index contributed by atoms with van der Waals surface area (Å²) in [6, 6.07) is 0.490. The lowest BCUT2D eigenvalue weighted by Crippen LogP contribution is -2.34. The van der Waals surface area contributed by atoms with Crippen molar-refractivity contribution in [1.29, 1.82) is 0 Å². The van der Waals surface area contributed by atoms with Crippen LogP contribution in [0.2, 0.25) is 0 Å². The maximum Gasteiger partial charge on any atom is 0.223 e. The van der Waals surface area contributed by atoms with Crippen molar-refractivity contribution in [3.63, 3.8) is 0 Å².